The highest BCUT2D eigenvalue weighted by atomic mass is 16.4. The molecule has 1 saturated heterocycles. The zero-order valence-electron chi connectivity index (χ0n) is 8.13. The Kier molecular flexibility index (Phi) is 2.51. The molecule has 0 spiro atoms. The molecule has 15 heavy (non-hydrogen) atoms. The molecule has 1 aromatic heterocycles. The molecule has 1 atom stereocenters. The van der Waals surface area contributed by atoms with E-state index in [4.69, 9.17) is 10.8 Å². The number of nitrogens with two attached hydrogens (primary N) is 1. The molecule has 0 saturated carbocycles. The number of hydrogen-bond donors (Lipinski definition) is 2. The quantitative estimate of drug-likeness (QED) is 0.694. The molecule has 1 aromatic rings. The molecule has 1 aliphatic heterocycles. The number of carboxylic acid groups (broad SMARTS) is 1. The van der Waals surface area contributed by atoms with Crippen LogP contribution < -0.4 is 10.6 Å². The van der Waals surface area contributed by atoms with Gasteiger partial charge in [-0.3, -0.25) is 0 Å². The Morgan fingerprint density at radius 3 is 2.67 bits per heavy atom. The van der Waals surface area contributed by atoms with Crippen molar-refractivity contribution in [3.05, 3.63) is 18.0 Å². The van der Waals surface area contributed by atoms with Gasteiger partial charge in [-0.1, -0.05) is 0 Å². The minimum Gasteiger partial charge on any atom is -0.478 e. The highest BCUT2D eigenvalue weighted by Crippen LogP contribution is 2.14. The summed E-state index contributed by atoms with van der Waals surface area (Å²) in [7, 11) is 0. The largest absolute Gasteiger partial charge is 0.478 e. The van der Waals surface area contributed by atoms with E-state index in [0.29, 0.717) is 5.95 Å². The first-order valence-electron chi connectivity index (χ1n) is 4.72. The van der Waals surface area contributed by atoms with Gasteiger partial charge in [0.2, 0.25) is 5.95 Å². The van der Waals surface area contributed by atoms with Crippen molar-refractivity contribution in [1.29, 1.82) is 0 Å². The van der Waals surface area contributed by atoms with Gasteiger partial charge in [0.25, 0.3) is 0 Å². The smallest absolute Gasteiger partial charge is 0.338 e. The topological polar surface area (TPSA) is 92.3 Å². The van der Waals surface area contributed by atoms with E-state index in [0.717, 1.165) is 19.5 Å². The second kappa shape index (κ2) is 3.82. The molecule has 0 bridgehead atoms. The Balaban J connectivity index is 2.13. The molecule has 0 amide bonds. The van der Waals surface area contributed by atoms with Gasteiger partial charge in [-0.25, -0.2) is 14.8 Å². The molecule has 0 aliphatic carbocycles. The van der Waals surface area contributed by atoms with E-state index in [-0.39, 0.29) is 11.6 Å². The van der Waals surface area contributed by atoms with E-state index in [1.54, 1.807) is 0 Å². The van der Waals surface area contributed by atoms with Crippen LogP contribution in [0.1, 0.15) is 16.8 Å². The van der Waals surface area contributed by atoms with Gasteiger partial charge >= 0.3 is 5.97 Å². The fourth-order valence-electron chi connectivity index (χ4n) is 1.56. The molecule has 1 fully saturated rings. The number of carboxylic acids is 1. The summed E-state index contributed by atoms with van der Waals surface area (Å²) in [6.45, 7) is 1.56. The maximum absolute atomic E-state index is 10.6. The van der Waals surface area contributed by atoms with Crippen LogP contribution in [0.5, 0.6) is 0 Å². The summed E-state index contributed by atoms with van der Waals surface area (Å²) in [6.07, 6.45) is 3.55. The minimum atomic E-state index is -1.01. The van der Waals surface area contributed by atoms with E-state index >= 15 is 0 Å². The summed E-state index contributed by atoms with van der Waals surface area (Å²) < 4.78 is 0. The maximum atomic E-state index is 10.6. The van der Waals surface area contributed by atoms with Gasteiger partial charge in [-0.15, -0.1) is 0 Å². The number of hydrogen-bond acceptors (Lipinski definition) is 5. The summed E-state index contributed by atoms with van der Waals surface area (Å²) in [5.41, 5.74) is 5.85. The van der Waals surface area contributed by atoms with Crippen molar-refractivity contribution in [2.75, 3.05) is 18.0 Å². The lowest BCUT2D eigenvalue weighted by Gasteiger charge is -2.14. The van der Waals surface area contributed by atoms with Crippen molar-refractivity contribution in [2.24, 2.45) is 5.73 Å². The summed E-state index contributed by atoms with van der Waals surface area (Å²) in [5.74, 6) is -0.465. The van der Waals surface area contributed by atoms with E-state index in [1.165, 1.54) is 12.4 Å². The van der Waals surface area contributed by atoms with Crippen molar-refractivity contribution >= 4 is 11.9 Å². The van der Waals surface area contributed by atoms with Crippen molar-refractivity contribution in [1.82, 2.24) is 9.97 Å². The molecule has 3 N–H and O–H groups in total. The monoisotopic (exact) mass is 208 g/mol. The molecule has 80 valence electrons. The van der Waals surface area contributed by atoms with Gasteiger partial charge in [0.15, 0.2) is 0 Å². The average molecular weight is 208 g/mol. The van der Waals surface area contributed by atoms with Gasteiger partial charge < -0.3 is 15.7 Å². The summed E-state index contributed by atoms with van der Waals surface area (Å²) in [5, 5.41) is 8.67. The van der Waals surface area contributed by atoms with Gasteiger partial charge in [-0.2, -0.15) is 0 Å². The summed E-state index contributed by atoms with van der Waals surface area (Å²) in [6, 6.07) is 0.160. The highest BCUT2D eigenvalue weighted by Gasteiger charge is 2.21. The van der Waals surface area contributed by atoms with Crippen molar-refractivity contribution < 1.29 is 9.90 Å². The van der Waals surface area contributed by atoms with Crippen LogP contribution in [-0.2, 0) is 0 Å². The zero-order valence-corrected chi connectivity index (χ0v) is 8.13. The lowest BCUT2D eigenvalue weighted by Crippen LogP contribution is -2.27. The van der Waals surface area contributed by atoms with Gasteiger partial charge in [0.1, 0.15) is 0 Å². The summed E-state index contributed by atoms with van der Waals surface area (Å²) in [4.78, 5) is 20.5. The van der Waals surface area contributed by atoms with E-state index in [9.17, 15) is 4.79 Å². The first kappa shape index (κ1) is 9.85. The molecule has 6 heteroatoms. The van der Waals surface area contributed by atoms with E-state index in [1.807, 2.05) is 4.90 Å². The second-order valence-electron chi connectivity index (χ2n) is 3.57. The SMILES string of the molecule is N[C@@H]1CCN(c2ncc(C(=O)O)cn2)C1. The number of carbonyl (C=O) groups is 1. The fourth-order valence-corrected chi connectivity index (χ4v) is 1.56. The van der Waals surface area contributed by atoms with Gasteiger partial charge in [-0.05, 0) is 6.42 Å². The first-order chi connectivity index (χ1) is 7.16. The van der Waals surface area contributed by atoms with Crippen molar-refractivity contribution in [3.8, 4) is 0 Å². The van der Waals surface area contributed by atoms with Crippen LogP contribution >= 0.6 is 0 Å². The van der Waals surface area contributed by atoms with E-state index < -0.39 is 5.97 Å². The van der Waals surface area contributed by atoms with Crippen molar-refractivity contribution in [3.63, 3.8) is 0 Å². The molecule has 0 radical (unpaired) electrons. The molecule has 0 unspecified atom stereocenters. The van der Waals surface area contributed by atoms with E-state index in [2.05, 4.69) is 9.97 Å². The number of aromatic carboxylic acids is 1. The molecule has 2 rings (SSSR count). The number of aromatic nitrogens is 2. The van der Waals surface area contributed by atoms with Crippen LogP contribution in [-0.4, -0.2) is 40.2 Å². The summed E-state index contributed by atoms with van der Waals surface area (Å²) >= 11 is 0. The fraction of sp³-hybridized carbons (Fsp3) is 0.444. The molecule has 1 aliphatic rings. The van der Waals surface area contributed by atoms with Crippen LogP contribution in [0.15, 0.2) is 12.4 Å². The van der Waals surface area contributed by atoms with Crippen LogP contribution in [0.4, 0.5) is 5.95 Å². The third kappa shape index (κ3) is 2.04. The molecule has 0 aromatic carbocycles. The lowest BCUT2D eigenvalue weighted by atomic mass is 10.3. The standard InChI is InChI=1S/C9H12N4O2/c10-7-1-2-13(5-7)9-11-3-6(4-12-9)8(14)15/h3-4,7H,1-2,5,10H2,(H,14,15)/t7-/m1/s1. The van der Waals surface area contributed by atoms with Crippen LogP contribution in [0.25, 0.3) is 0 Å². The predicted octanol–water partition coefficient (Wildman–Crippen LogP) is -0.288. The Morgan fingerprint density at radius 2 is 2.20 bits per heavy atom. The highest BCUT2D eigenvalue weighted by molar-refractivity contribution is 5.86. The Labute approximate surface area is 86.7 Å². The van der Waals surface area contributed by atoms with Crippen LogP contribution in [0, 0.1) is 0 Å². The Morgan fingerprint density at radius 1 is 1.53 bits per heavy atom. The molecular formula is C9H12N4O2. The molecule has 2 heterocycles. The maximum Gasteiger partial charge on any atom is 0.338 e. The van der Waals surface area contributed by atoms with Gasteiger partial charge in [0.05, 0.1) is 5.56 Å². The normalized spacial score (nSPS) is 20.6. The Bertz CT molecular complexity index is 365. The molecule has 6 nitrogen and oxygen atoms in total. The zero-order chi connectivity index (χ0) is 10.8. The van der Waals surface area contributed by atoms with Gasteiger partial charge in [0, 0.05) is 31.5 Å². The Hall–Kier alpha value is -1.69. The predicted molar refractivity (Wildman–Crippen MR) is 53.8 cm³/mol. The number of rotatable bonds is 2. The number of anilines is 1. The van der Waals surface area contributed by atoms with Crippen LogP contribution in [0.3, 0.4) is 0 Å². The number of nitrogens with zero attached hydrogens (tertiary/aromatic N) is 3. The average Bonchev–Trinajstić information content (AvgIpc) is 2.65. The second-order valence-corrected chi connectivity index (χ2v) is 3.57. The molecular weight excluding hydrogens is 196 g/mol. The minimum absolute atomic E-state index is 0.0993. The third-order valence-corrected chi connectivity index (χ3v) is 2.39. The van der Waals surface area contributed by atoms with Crippen molar-refractivity contribution in [2.45, 2.75) is 12.5 Å². The van der Waals surface area contributed by atoms with Crippen LogP contribution in [0.2, 0.25) is 0 Å². The first-order valence-corrected chi connectivity index (χ1v) is 4.72. The third-order valence-electron chi connectivity index (χ3n) is 2.39. The lowest BCUT2D eigenvalue weighted by molar-refractivity contribution is 0.0696.